The van der Waals surface area contributed by atoms with E-state index in [1.165, 1.54) is 36.6 Å². The van der Waals surface area contributed by atoms with E-state index >= 15 is 0 Å². The molecule has 3 rings (SSSR count). The number of rotatable bonds is 11. The van der Waals surface area contributed by atoms with Crippen molar-refractivity contribution in [1.29, 1.82) is 0 Å². The van der Waals surface area contributed by atoms with Gasteiger partial charge < -0.3 is 15.0 Å². The van der Waals surface area contributed by atoms with Gasteiger partial charge in [-0.2, -0.15) is 0 Å². The highest BCUT2D eigenvalue weighted by molar-refractivity contribution is 6.05. The van der Waals surface area contributed by atoms with E-state index < -0.39 is 4.92 Å². The van der Waals surface area contributed by atoms with Gasteiger partial charge >= 0.3 is 0 Å². The molecule has 0 saturated carbocycles. The molecule has 3 aromatic rings. The van der Waals surface area contributed by atoms with E-state index in [2.05, 4.69) is 48.3 Å². The van der Waals surface area contributed by atoms with E-state index in [0.29, 0.717) is 11.3 Å². The zero-order chi connectivity index (χ0) is 24.5. The molecule has 34 heavy (non-hydrogen) atoms. The highest BCUT2D eigenvalue weighted by Crippen LogP contribution is 2.29. The van der Waals surface area contributed by atoms with Crippen LogP contribution >= 0.6 is 0 Å². The van der Waals surface area contributed by atoms with Crippen LogP contribution in [-0.2, 0) is 12.8 Å². The largest absolute Gasteiger partial charge is 0.495 e. The number of anilines is 2. The fraction of sp³-hybridized carbons (Fsp3) is 0.296. The van der Waals surface area contributed by atoms with Gasteiger partial charge in [0.2, 0.25) is 0 Å². The Labute approximate surface area is 200 Å². The molecule has 0 atom stereocenters. The molecule has 178 valence electrons. The summed E-state index contributed by atoms with van der Waals surface area (Å²) in [5.74, 6) is 0.0133. The molecule has 0 aromatic heterocycles. The van der Waals surface area contributed by atoms with Gasteiger partial charge in [0.25, 0.3) is 11.6 Å². The maximum absolute atomic E-state index is 12.7. The van der Waals surface area contributed by atoms with Gasteiger partial charge in [0, 0.05) is 36.5 Å². The lowest BCUT2D eigenvalue weighted by atomic mass is 10.0. The van der Waals surface area contributed by atoms with Crippen LogP contribution < -0.4 is 15.0 Å². The Morgan fingerprint density at radius 2 is 1.53 bits per heavy atom. The Balaban J connectivity index is 1.55. The maximum atomic E-state index is 12.7. The number of nitrogens with one attached hydrogen (secondary N) is 1. The number of amides is 1. The first-order valence-electron chi connectivity index (χ1n) is 11.5. The Kier molecular flexibility index (Phi) is 8.62. The predicted molar refractivity (Wildman–Crippen MR) is 136 cm³/mol. The average Bonchev–Trinajstić information content (AvgIpc) is 2.86. The zero-order valence-corrected chi connectivity index (χ0v) is 19.9. The summed E-state index contributed by atoms with van der Waals surface area (Å²) < 4.78 is 5.21. The van der Waals surface area contributed by atoms with Crippen LogP contribution in [0.25, 0.3) is 0 Å². The second kappa shape index (κ2) is 11.8. The first-order valence-corrected chi connectivity index (χ1v) is 11.5. The molecule has 0 aliphatic heterocycles. The number of nitro groups is 1. The number of carbonyl (C=O) groups is 1. The van der Waals surface area contributed by atoms with Crippen LogP contribution in [0.5, 0.6) is 5.75 Å². The average molecular weight is 462 g/mol. The van der Waals surface area contributed by atoms with Gasteiger partial charge in [0.1, 0.15) is 5.75 Å². The third kappa shape index (κ3) is 6.34. The molecule has 0 aliphatic carbocycles. The number of nitrogens with zero attached hydrogens (tertiary/aromatic N) is 2. The summed E-state index contributed by atoms with van der Waals surface area (Å²) in [6, 6.07) is 20.3. The number of nitro benzene ring substituents is 1. The smallest absolute Gasteiger partial charge is 0.271 e. The summed E-state index contributed by atoms with van der Waals surface area (Å²) in [4.78, 5) is 25.5. The Hall–Kier alpha value is -3.87. The van der Waals surface area contributed by atoms with Gasteiger partial charge in [-0.05, 0) is 74.6 Å². The number of aryl methyl sites for hydroxylation is 2. The van der Waals surface area contributed by atoms with E-state index in [9.17, 15) is 14.9 Å². The molecule has 7 nitrogen and oxygen atoms in total. The molecule has 1 amide bonds. The number of non-ortho nitro benzene ring substituents is 1. The van der Waals surface area contributed by atoms with Crippen molar-refractivity contribution in [2.45, 2.75) is 33.1 Å². The fourth-order valence-electron chi connectivity index (χ4n) is 3.88. The Morgan fingerprint density at radius 1 is 0.941 bits per heavy atom. The quantitative estimate of drug-likeness (QED) is 0.285. The van der Waals surface area contributed by atoms with E-state index in [-0.39, 0.29) is 17.3 Å². The van der Waals surface area contributed by atoms with Gasteiger partial charge in [-0.15, -0.1) is 0 Å². The minimum absolute atomic E-state index is 0.117. The lowest BCUT2D eigenvalue weighted by Gasteiger charge is -2.21. The molecule has 3 aromatic carbocycles. The molecule has 0 aliphatic rings. The van der Waals surface area contributed by atoms with Crippen molar-refractivity contribution in [2.75, 3.05) is 30.4 Å². The van der Waals surface area contributed by atoms with Gasteiger partial charge in [-0.3, -0.25) is 14.9 Å². The van der Waals surface area contributed by atoms with Gasteiger partial charge in [0.15, 0.2) is 0 Å². The Bertz CT molecular complexity index is 1110. The van der Waals surface area contributed by atoms with Crippen molar-refractivity contribution in [2.24, 2.45) is 0 Å². The summed E-state index contributed by atoms with van der Waals surface area (Å²) in [6.07, 6.45) is 2.92. The standard InChI is InChI=1S/C27H31N3O4/c1-4-29(5-2)23-15-11-21(12-16-23)8-6-7-20-9-13-22(14-10-20)27(31)28-25-19-24(30(32)33)17-18-26(25)34-3/h9-19H,4-8H2,1-3H3,(H,28,31). The van der Waals surface area contributed by atoms with Gasteiger partial charge in [0.05, 0.1) is 17.7 Å². The van der Waals surface area contributed by atoms with Crippen molar-refractivity contribution in [3.05, 3.63) is 93.5 Å². The first-order chi connectivity index (χ1) is 16.4. The molecule has 7 heteroatoms. The monoisotopic (exact) mass is 461 g/mol. The zero-order valence-electron chi connectivity index (χ0n) is 19.9. The Morgan fingerprint density at radius 3 is 2.06 bits per heavy atom. The molecule has 0 saturated heterocycles. The molecule has 0 heterocycles. The highest BCUT2D eigenvalue weighted by Gasteiger charge is 2.14. The second-order valence-electron chi connectivity index (χ2n) is 7.99. The minimum atomic E-state index is -0.511. The fourth-order valence-corrected chi connectivity index (χ4v) is 3.88. The van der Waals surface area contributed by atoms with Gasteiger partial charge in [-0.1, -0.05) is 24.3 Å². The number of hydrogen-bond acceptors (Lipinski definition) is 5. The van der Waals surface area contributed by atoms with Crippen molar-refractivity contribution < 1.29 is 14.5 Å². The second-order valence-corrected chi connectivity index (χ2v) is 7.99. The normalized spacial score (nSPS) is 10.6. The van der Waals surface area contributed by atoms with Crippen molar-refractivity contribution in [1.82, 2.24) is 0 Å². The third-order valence-corrected chi connectivity index (χ3v) is 5.85. The van der Waals surface area contributed by atoms with Crippen LogP contribution in [-0.4, -0.2) is 31.0 Å². The van der Waals surface area contributed by atoms with Crippen LogP contribution in [0.1, 0.15) is 41.8 Å². The van der Waals surface area contributed by atoms with Gasteiger partial charge in [-0.25, -0.2) is 0 Å². The molecule has 0 radical (unpaired) electrons. The molecule has 0 spiro atoms. The van der Waals surface area contributed by atoms with Crippen LogP contribution in [0.15, 0.2) is 66.7 Å². The molecule has 0 bridgehead atoms. The van der Waals surface area contributed by atoms with Crippen LogP contribution in [0, 0.1) is 10.1 Å². The molecule has 0 unspecified atom stereocenters. The van der Waals surface area contributed by atoms with E-state index in [0.717, 1.165) is 37.9 Å². The van der Waals surface area contributed by atoms with Crippen LogP contribution in [0.2, 0.25) is 0 Å². The number of hydrogen-bond donors (Lipinski definition) is 1. The van der Waals surface area contributed by atoms with Crippen molar-refractivity contribution >= 4 is 23.0 Å². The number of benzene rings is 3. The molecular formula is C27H31N3O4. The lowest BCUT2D eigenvalue weighted by Crippen LogP contribution is -2.21. The lowest BCUT2D eigenvalue weighted by molar-refractivity contribution is -0.384. The minimum Gasteiger partial charge on any atom is -0.495 e. The highest BCUT2D eigenvalue weighted by atomic mass is 16.6. The summed E-state index contributed by atoms with van der Waals surface area (Å²) in [5, 5.41) is 13.7. The molecule has 0 fully saturated rings. The van der Waals surface area contributed by atoms with E-state index in [1.807, 2.05) is 12.1 Å². The molecular weight excluding hydrogens is 430 g/mol. The topological polar surface area (TPSA) is 84.7 Å². The summed E-state index contributed by atoms with van der Waals surface area (Å²) in [7, 11) is 1.45. The summed E-state index contributed by atoms with van der Waals surface area (Å²) in [5.41, 5.74) is 4.35. The van der Waals surface area contributed by atoms with Crippen molar-refractivity contribution in [3.63, 3.8) is 0 Å². The number of methoxy groups -OCH3 is 1. The SMILES string of the molecule is CCN(CC)c1ccc(CCCc2ccc(C(=O)Nc3cc([N+](=O)[O-])ccc3OC)cc2)cc1. The van der Waals surface area contributed by atoms with Crippen LogP contribution in [0.4, 0.5) is 17.1 Å². The number of carbonyl (C=O) groups excluding carboxylic acids is 1. The number of ether oxygens (including phenoxy) is 1. The molecule has 1 N–H and O–H groups in total. The van der Waals surface area contributed by atoms with E-state index in [1.54, 1.807) is 12.1 Å². The van der Waals surface area contributed by atoms with Crippen LogP contribution in [0.3, 0.4) is 0 Å². The summed E-state index contributed by atoms with van der Waals surface area (Å²) in [6.45, 7) is 6.33. The third-order valence-electron chi connectivity index (χ3n) is 5.85. The maximum Gasteiger partial charge on any atom is 0.271 e. The van der Waals surface area contributed by atoms with Crippen molar-refractivity contribution in [3.8, 4) is 5.75 Å². The first kappa shape index (κ1) is 24.8. The van der Waals surface area contributed by atoms with E-state index in [4.69, 9.17) is 4.74 Å². The summed E-state index contributed by atoms with van der Waals surface area (Å²) >= 11 is 0. The predicted octanol–water partition coefficient (Wildman–Crippen LogP) is 5.88.